The molecule has 17 heavy (non-hydrogen) atoms. The molecule has 0 bridgehead atoms. The Morgan fingerprint density at radius 2 is 1.24 bits per heavy atom. The normalized spacial score (nSPS) is 12.0. The molecule has 0 aliphatic rings. The molecule has 0 amide bonds. The summed E-state index contributed by atoms with van der Waals surface area (Å²) in [6.07, 6.45) is 0. The van der Waals surface area contributed by atoms with Gasteiger partial charge in [0.1, 0.15) is 0 Å². The number of rotatable bonds is 1. The molecule has 0 atom stereocenters. The molecule has 2 aromatic rings. The fraction of sp³-hybridized carbons (Fsp3) is 0.231. The molecule has 0 unspecified atom stereocenters. The van der Waals surface area contributed by atoms with Gasteiger partial charge in [-0.3, -0.25) is 4.55 Å². The minimum Gasteiger partial charge on any atom is -0.282 e. The quantitative estimate of drug-likeness (QED) is 0.791. The van der Waals surface area contributed by atoms with Crippen LogP contribution in [-0.4, -0.2) is 13.0 Å². The first-order valence-electron chi connectivity index (χ1n) is 5.28. The summed E-state index contributed by atoms with van der Waals surface area (Å²) in [6, 6.07) is 7.25. The maximum absolute atomic E-state index is 11.2. The van der Waals surface area contributed by atoms with Gasteiger partial charge in [-0.25, -0.2) is 0 Å². The SMILES string of the molecule is Cc1cc2cc(C)c(S(=O)(=O)O)cc2cc1C. The fourth-order valence-electron chi connectivity index (χ4n) is 1.95. The van der Waals surface area contributed by atoms with Crippen molar-refractivity contribution >= 4 is 20.9 Å². The molecule has 0 saturated heterocycles. The smallest absolute Gasteiger partial charge is 0.282 e. The van der Waals surface area contributed by atoms with E-state index in [0.29, 0.717) is 5.56 Å². The summed E-state index contributed by atoms with van der Waals surface area (Å²) in [6.45, 7) is 5.67. The summed E-state index contributed by atoms with van der Waals surface area (Å²) in [7, 11) is -4.15. The molecule has 2 aromatic carbocycles. The van der Waals surface area contributed by atoms with Crippen molar-refractivity contribution in [3.05, 3.63) is 41.0 Å². The van der Waals surface area contributed by atoms with Crippen molar-refractivity contribution in [3.8, 4) is 0 Å². The highest BCUT2D eigenvalue weighted by Gasteiger charge is 2.14. The van der Waals surface area contributed by atoms with E-state index in [1.807, 2.05) is 26.0 Å². The summed E-state index contributed by atoms with van der Waals surface area (Å²) in [5.41, 5.74) is 2.82. The lowest BCUT2D eigenvalue weighted by Crippen LogP contribution is -2.01. The van der Waals surface area contributed by atoms with Crippen LogP contribution in [0.15, 0.2) is 29.2 Å². The van der Waals surface area contributed by atoms with Gasteiger partial charge < -0.3 is 0 Å². The molecule has 0 aliphatic heterocycles. The van der Waals surface area contributed by atoms with Crippen molar-refractivity contribution in [1.29, 1.82) is 0 Å². The van der Waals surface area contributed by atoms with Crippen molar-refractivity contribution < 1.29 is 13.0 Å². The lowest BCUT2D eigenvalue weighted by atomic mass is 10.0. The van der Waals surface area contributed by atoms with Crippen molar-refractivity contribution in [2.24, 2.45) is 0 Å². The summed E-state index contributed by atoms with van der Waals surface area (Å²) in [5.74, 6) is 0. The molecule has 2 rings (SSSR count). The molecule has 0 spiro atoms. The van der Waals surface area contributed by atoms with Gasteiger partial charge in [0.15, 0.2) is 0 Å². The van der Waals surface area contributed by atoms with Crippen LogP contribution in [-0.2, 0) is 10.1 Å². The summed E-state index contributed by atoms with van der Waals surface area (Å²) in [4.78, 5) is -0.0201. The average Bonchev–Trinajstić information content (AvgIpc) is 2.18. The van der Waals surface area contributed by atoms with Crippen LogP contribution in [0.4, 0.5) is 0 Å². The second-order valence-corrected chi connectivity index (χ2v) is 5.77. The standard InChI is InChI=1S/C13H14O3S/c1-8-4-11-6-10(3)13(17(14,15)16)7-12(11)5-9(8)2/h4-7H,1-3H3,(H,14,15,16). The second-order valence-electron chi connectivity index (χ2n) is 4.38. The highest BCUT2D eigenvalue weighted by molar-refractivity contribution is 7.85. The summed E-state index contributed by atoms with van der Waals surface area (Å²) in [5, 5.41) is 1.81. The number of fused-ring (bicyclic) bond motifs is 1. The van der Waals surface area contributed by atoms with Crippen molar-refractivity contribution in [2.75, 3.05) is 0 Å². The van der Waals surface area contributed by atoms with Crippen LogP contribution in [0.25, 0.3) is 10.8 Å². The molecule has 0 radical (unpaired) electrons. The molecular weight excluding hydrogens is 236 g/mol. The zero-order valence-corrected chi connectivity index (χ0v) is 10.8. The lowest BCUT2D eigenvalue weighted by Gasteiger charge is -2.08. The Morgan fingerprint density at radius 3 is 1.71 bits per heavy atom. The highest BCUT2D eigenvalue weighted by Crippen LogP contribution is 2.25. The Kier molecular flexibility index (Phi) is 2.72. The molecule has 0 heterocycles. The monoisotopic (exact) mass is 250 g/mol. The fourth-order valence-corrected chi connectivity index (χ4v) is 2.69. The molecule has 3 nitrogen and oxygen atoms in total. The Labute approximate surface area is 101 Å². The first-order valence-corrected chi connectivity index (χ1v) is 6.72. The summed E-state index contributed by atoms with van der Waals surface area (Å²) < 4.78 is 31.5. The Balaban J connectivity index is 2.86. The van der Waals surface area contributed by atoms with Crippen LogP contribution in [0, 0.1) is 20.8 Å². The number of hydrogen-bond acceptors (Lipinski definition) is 2. The largest absolute Gasteiger partial charge is 0.294 e. The predicted octanol–water partition coefficient (Wildman–Crippen LogP) is 3.01. The first-order chi connectivity index (χ1) is 7.79. The van der Waals surface area contributed by atoms with E-state index in [2.05, 4.69) is 0 Å². The second kappa shape index (κ2) is 3.82. The highest BCUT2D eigenvalue weighted by atomic mass is 32.2. The molecule has 0 fully saturated rings. The van der Waals surface area contributed by atoms with E-state index in [-0.39, 0.29) is 4.90 Å². The van der Waals surface area contributed by atoms with Gasteiger partial charge in [0.25, 0.3) is 10.1 Å². The van der Waals surface area contributed by atoms with Crippen LogP contribution in [0.5, 0.6) is 0 Å². The number of hydrogen-bond donors (Lipinski definition) is 1. The third-order valence-electron chi connectivity index (χ3n) is 3.02. The zero-order valence-electron chi connectivity index (χ0n) is 9.98. The van der Waals surface area contributed by atoms with E-state index in [9.17, 15) is 8.42 Å². The number of benzene rings is 2. The van der Waals surface area contributed by atoms with Gasteiger partial charge >= 0.3 is 0 Å². The first kappa shape index (κ1) is 12.1. The Morgan fingerprint density at radius 1 is 0.824 bits per heavy atom. The topological polar surface area (TPSA) is 54.4 Å². The zero-order chi connectivity index (χ0) is 12.8. The Hall–Kier alpha value is -1.39. The molecule has 4 heteroatoms. The third kappa shape index (κ3) is 2.18. The van der Waals surface area contributed by atoms with E-state index in [1.54, 1.807) is 13.0 Å². The minimum atomic E-state index is -4.15. The van der Waals surface area contributed by atoms with Gasteiger partial charge in [-0.05, 0) is 54.3 Å². The van der Waals surface area contributed by atoms with Gasteiger partial charge in [-0.2, -0.15) is 8.42 Å². The lowest BCUT2D eigenvalue weighted by molar-refractivity contribution is 0.482. The Bertz CT molecular complexity index is 700. The summed E-state index contributed by atoms with van der Waals surface area (Å²) >= 11 is 0. The van der Waals surface area contributed by atoms with Gasteiger partial charge in [0, 0.05) is 0 Å². The van der Waals surface area contributed by atoms with Gasteiger partial charge in [-0.15, -0.1) is 0 Å². The van der Waals surface area contributed by atoms with Gasteiger partial charge in [0.2, 0.25) is 0 Å². The maximum Gasteiger partial charge on any atom is 0.294 e. The predicted molar refractivity (Wildman–Crippen MR) is 68.0 cm³/mol. The number of aryl methyl sites for hydroxylation is 3. The molecule has 90 valence electrons. The van der Waals surface area contributed by atoms with Gasteiger partial charge in [-0.1, -0.05) is 18.2 Å². The van der Waals surface area contributed by atoms with E-state index in [4.69, 9.17) is 4.55 Å². The average molecular weight is 250 g/mol. The third-order valence-corrected chi connectivity index (χ3v) is 4.02. The van der Waals surface area contributed by atoms with E-state index in [1.165, 1.54) is 6.07 Å². The maximum atomic E-state index is 11.2. The molecule has 0 aliphatic carbocycles. The molecular formula is C13H14O3S. The van der Waals surface area contributed by atoms with Crippen LogP contribution in [0.2, 0.25) is 0 Å². The van der Waals surface area contributed by atoms with Crippen molar-refractivity contribution in [3.63, 3.8) is 0 Å². The van der Waals surface area contributed by atoms with E-state index < -0.39 is 10.1 Å². The molecule has 1 N–H and O–H groups in total. The van der Waals surface area contributed by atoms with Crippen LogP contribution in [0.1, 0.15) is 16.7 Å². The molecule has 0 saturated carbocycles. The van der Waals surface area contributed by atoms with Crippen LogP contribution < -0.4 is 0 Å². The van der Waals surface area contributed by atoms with Gasteiger partial charge in [0.05, 0.1) is 4.90 Å². The van der Waals surface area contributed by atoms with Crippen molar-refractivity contribution in [2.45, 2.75) is 25.7 Å². The minimum absolute atomic E-state index is 0.0201. The van der Waals surface area contributed by atoms with Crippen LogP contribution >= 0.6 is 0 Å². The van der Waals surface area contributed by atoms with E-state index >= 15 is 0 Å². The van der Waals surface area contributed by atoms with Crippen molar-refractivity contribution in [1.82, 2.24) is 0 Å². The molecule has 0 aromatic heterocycles. The van der Waals surface area contributed by atoms with E-state index in [0.717, 1.165) is 21.9 Å². The van der Waals surface area contributed by atoms with Crippen LogP contribution in [0.3, 0.4) is 0 Å².